The summed E-state index contributed by atoms with van der Waals surface area (Å²) in [5, 5.41) is 2.48. The zero-order valence-electron chi connectivity index (χ0n) is 17.9. The van der Waals surface area contributed by atoms with Crippen molar-refractivity contribution in [2.24, 2.45) is 0 Å². The molecule has 0 aliphatic heterocycles. The number of aryl methyl sites for hydroxylation is 1. The van der Waals surface area contributed by atoms with Crippen molar-refractivity contribution in [3.8, 4) is 16.9 Å². The lowest BCUT2D eigenvalue weighted by Gasteiger charge is -2.17. The molecule has 0 aliphatic carbocycles. The third-order valence-electron chi connectivity index (χ3n) is 4.61. The van der Waals surface area contributed by atoms with Crippen LogP contribution in [0.3, 0.4) is 0 Å². The molecule has 7 nitrogen and oxygen atoms in total. The van der Waals surface area contributed by atoms with Crippen molar-refractivity contribution in [2.45, 2.75) is 20.5 Å². The van der Waals surface area contributed by atoms with Crippen molar-refractivity contribution in [2.75, 3.05) is 11.9 Å². The van der Waals surface area contributed by atoms with Crippen molar-refractivity contribution in [3.63, 3.8) is 0 Å². The summed E-state index contributed by atoms with van der Waals surface area (Å²) >= 11 is 3.12. The number of anilines is 1. The van der Waals surface area contributed by atoms with Gasteiger partial charge in [0.05, 0.1) is 0 Å². The molecule has 1 aromatic heterocycles. The molecule has 2 aromatic carbocycles. The fraction of sp³-hybridized carbons (Fsp3) is 0.174. The minimum Gasteiger partial charge on any atom is -0.487 e. The van der Waals surface area contributed by atoms with Crippen LogP contribution < -0.4 is 15.6 Å². The van der Waals surface area contributed by atoms with Gasteiger partial charge in [-0.3, -0.25) is 14.4 Å². The SMILES string of the molecule is CC(=O)OCC(=O)Nc1ccc(F)c(-c2c(C)[nH]c(=O)c(Br)c2OCc2ccc(F)cc2F)c1. The van der Waals surface area contributed by atoms with Crippen LogP contribution in [0.5, 0.6) is 5.75 Å². The van der Waals surface area contributed by atoms with E-state index < -0.39 is 41.5 Å². The predicted molar refractivity (Wildman–Crippen MR) is 121 cm³/mol. The van der Waals surface area contributed by atoms with Gasteiger partial charge in [0.2, 0.25) is 0 Å². The fourth-order valence-corrected chi connectivity index (χ4v) is 3.49. The number of hydrogen-bond acceptors (Lipinski definition) is 5. The fourth-order valence-electron chi connectivity index (χ4n) is 3.08. The first-order valence-corrected chi connectivity index (χ1v) is 10.6. The third-order valence-corrected chi connectivity index (χ3v) is 5.34. The molecule has 0 atom stereocenters. The first-order chi connectivity index (χ1) is 16.1. The largest absolute Gasteiger partial charge is 0.487 e. The molecule has 2 N–H and O–H groups in total. The van der Waals surface area contributed by atoms with Crippen molar-refractivity contribution >= 4 is 33.5 Å². The van der Waals surface area contributed by atoms with Crippen LogP contribution in [0.2, 0.25) is 0 Å². The van der Waals surface area contributed by atoms with Crippen molar-refractivity contribution in [1.82, 2.24) is 4.98 Å². The van der Waals surface area contributed by atoms with E-state index in [0.29, 0.717) is 6.07 Å². The first kappa shape index (κ1) is 25.0. The molecule has 34 heavy (non-hydrogen) atoms. The average molecular weight is 539 g/mol. The van der Waals surface area contributed by atoms with Gasteiger partial charge in [-0.1, -0.05) is 0 Å². The van der Waals surface area contributed by atoms with Gasteiger partial charge in [0.25, 0.3) is 11.5 Å². The number of pyridine rings is 1. The molecule has 0 fully saturated rings. The third kappa shape index (κ3) is 5.84. The average Bonchev–Trinajstić information content (AvgIpc) is 2.76. The Balaban J connectivity index is 2.00. The number of esters is 1. The number of carbonyl (C=O) groups is 2. The van der Waals surface area contributed by atoms with Crippen LogP contribution in [0.4, 0.5) is 18.9 Å². The summed E-state index contributed by atoms with van der Waals surface area (Å²) in [6.07, 6.45) is 0. The van der Waals surface area contributed by atoms with E-state index in [2.05, 4.69) is 31.0 Å². The van der Waals surface area contributed by atoms with E-state index in [-0.39, 0.29) is 44.9 Å². The highest BCUT2D eigenvalue weighted by atomic mass is 79.9. The van der Waals surface area contributed by atoms with Gasteiger partial charge in [0.15, 0.2) is 6.61 Å². The minimum absolute atomic E-state index is 0.0177. The van der Waals surface area contributed by atoms with Gasteiger partial charge in [0.1, 0.15) is 34.3 Å². The number of halogens is 4. The van der Waals surface area contributed by atoms with E-state index in [1.54, 1.807) is 0 Å². The molecule has 178 valence electrons. The lowest BCUT2D eigenvalue weighted by atomic mass is 10.0. The Hall–Kier alpha value is -3.60. The van der Waals surface area contributed by atoms with Crippen LogP contribution in [0.1, 0.15) is 18.2 Å². The van der Waals surface area contributed by atoms with Crippen molar-refractivity contribution in [3.05, 3.63) is 79.9 Å². The van der Waals surface area contributed by atoms with E-state index in [1.165, 1.54) is 25.1 Å². The maximum absolute atomic E-state index is 14.9. The Morgan fingerprint density at radius 2 is 1.82 bits per heavy atom. The number of ether oxygens (including phenoxy) is 2. The summed E-state index contributed by atoms with van der Waals surface area (Å²) in [6, 6.07) is 6.65. The monoisotopic (exact) mass is 538 g/mol. The highest BCUT2D eigenvalue weighted by Gasteiger charge is 2.21. The second kappa shape index (κ2) is 10.6. The van der Waals surface area contributed by atoms with Gasteiger partial charge < -0.3 is 19.8 Å². The number of H-pyrrole nitrogens is 1. The molecule has 1 amide bonds. The van der Waals surface area contributed by atoms with E-state index in [4.69, 9.17) is 4.74 Å². The number of carbonyl (C=O) groups excluding carboxylic acids is 2. The summed E-state index contributed by atoms with van der Waals surface area (Å²) < 4.78 is 52.4. The topological polar surface area (TPSA) is 97.5 Å². The van der Waals surface area contributed by atoms with Crippen molar-refractivity contribution in [1.29, 1.82) is 0 Å². The summed E-state index contributed by atoms with van der Waals surface area (Å²) in [4.78, 5) is 37.7. The summed E-state index contributed by atoms with van der Waals surface area (Å²) in [6.45, 7) is 1.77. The zero-order chi connectivity index (χ0) is 25.0. The molecule has 0 unspecified atom stereocenters. The molecular formula is C23H18BrF3N2O5. The minimum atomic E-state index is -0.845. The van der Waals surface area contributed by atoms with E-state index in [9.17, 15) is 27.6 Å². The molecule has 0 spiro atoms. The second-order valence-corrected chi connectivity index (χ2v) is 7.94. The number of aromatic nitrogens is 1. The maximum Gasteiger partial charge on any atom is 0.303 e. The van der Waals surface area contributed by atoms with Gasteiger partial charge in [0, 0.05) is 41.1 Å². The molecular weight excluding hydrogens is 521 g/mol. The van der Waals surface area contributed by atoms with Gasteiger partial charge in [-0.2, -0.15) is 0 Å². The Bertz CT molecular complexity index is 1330. The zero-order valence-corrected chi connectivity index (χ0v) is 19.5. The summed E-state index contributed by atoms with van der Waals surface area (Å²) in [5.74, 6) is -3.66. The molecule has 11 heteroatoms. The Morgan fingerprint density at radius 1 is 1.09 bits per heavy atom. The van der Waals surface area contributed by atoms with Crippen LogP contribution in [0, 0.1) is 24.4 Å². The maximum atomic E-state index is 14.9. The van der Waals surface area contributed by atoms with Crippen LogP contribution in [0.15, 0.2) is 45.7 Å². The van der Waals surface area contributed by atoms with Gasteiger partial charge in [-0.15, -0.1) is 0 Å². The number of aromatic amines is 1. The van der Waals surface area contributed by atoms with E-state index >= 15 is 0 Å². The second-order valence-electron chi connectivity index (χ2n) is 7.14. The molecule has 0 radical (unpaired) electrons. The van der Waals surface area contributed by atoms with Gasteiger partial charge >= 0.3 is 5.97 Å². The number of amides is 1. The van der Waals surface area contributed by atoms with Crippen LogP contribution in [-0.2, 0) is 20.9 Å². The summed E-state index contributed by atoms with van der Waals surface area (Å²) in [5.41, 5.74) is -0.0148. The first-order valence-electron chi connectivity index (χ1n) is 9.79. The molecule has 0 bridgehead atoms. The van der Waals surface area contributed by atoms with Crippen LogP contribution in [0.25, 0.3) is 11.1 Å². The highest BCUT2D eigenvalue weighted by molar-refractivity contribution is 9.10. The van der Waals surface area contributed by atoms with Gasteiger partial charge in [-0.25, -0.2) is 13.2 Å². The standard InChI is InChI=1S/C23H18BrF3N2O5/c1-11-20(16-8-15(5-6-17(16)26)29-19(31)10-33-12(2)30)22(21(24)23(32)28-11)34-9-13-3-4-14(25)7-18(13)27/h3-8H,9-10H2,1-2H3,(H,28,32)(H,29,31). The number of hydrogen-bond donors (Lipinski definition) is 2. The lowest BCUT2D eigenvalue weighted by Crippen LogP contribution is -2.20. The van der Waals surface area contributed by atoms with Crippen molar-refractivity contribution < 1.29 is 32.2 Å². The normalized spacial score (nSPS) is 10.6. The van der Waals surface area contributed by atoms with E-state index in [0.717, 1.165) is 19.1 Å². The Labute approximate surface area is 200 Å². The molecule has 3 aromatic rings. The molecule has 0 saturated carbocycles. The number of rotatable bonds is 7. The van der Waals surface area contributed by atoms with Crippen LogP contribution in [-0.4, -0.2) is 23.5 Å². The van der Waals surface area contributed by atoms with E-state index in [1.807, 2.05) is 0 Å². The van der Waals surface area contributed by atoms with Gasteiger partial charge in [-0.05, 0) is 53.2 Å². The predicted octanol–water partition coefficient (Wildman–Crippen LogP) is 4.61. The van der Waals surface area contributed by atoms with Crippen LogP contribution >= 0.6 is 15.9 Å². The number of nitrogens with one attached hydrogen (secondary N) is 2. The quantitative estimate of drug-likeness (QED) is 0.428. The Morgan fingerprint density at radius 3 is 2.50 bits per heavy atom. The smallest absolute Gasteiger partial charge is 0.303 e. The molecule has 0 aliphatic rings. The lowest BCUT2D eigenvalue weighted by molar-refractivity contribution is -0.144. The highest BCUT2D eigenvalue weighted by Crippen LogP contribution is 2.39. The molecule has 0 saturated heterocycles. The summed E-state index contributed by atoms with van der Waals surface area (Å²) in [7, 11) is 0. The Kier molecular flexibility index (Phi) is 7.77. The molecule has 3 rings (SSSR count). The number of benzene rings is 2. The molecule has 1 heterocycles.